The van der Waals surface area contributed by atoms with E-state index in [4.69, 9.17) is 9.47 Å². The molecule has 0 spiro atoms. The molecule has 2 aromatic rings. The molecule has 1 fully saturated rings. The fraction of sp³-hybridized carbons (Fsp3) is 0.409. The minimum absolute atomic E-state index is 0.0138. The van der Waals surface area contributed by atoms with Gasteiger partial charge in [0.15, 0.2) is 11.5 Å². The highest BCUT2D eigenvalue weighted by molar-refractivity contribution is 8.01. The quantitative estimate of drug-likeness (QED) is 0.680. The van der Waals surface area contributed by atoms with E-state index < -0.39 is 0 Å². The van der Waals surface area contributed by atoms with Crippen molar-refractivity contribution in [3.8, 4) is 11.5 Å². The standard InChI is InChI=1S/C22H27NO3S/c1-15(2)13-23-21(24)16(3)27-22(23)18-10-11-19(25-4)20(12-18)26-14-17-8-6-5-7-9-17/h5-12,15-16,22H,13-14H2,1-4H3. The molecule has 2 unspecified atom stereocenters. The Balaban J connectivity index is 1.84. The molecule has 5 heteroatoms. The van der Waals surface area contributed by atoms with Crippen LogP contribution in [0.4, 0.5) is 0 Å². The van der Waals surface area contributed by atoms with Gasteiger partial charge in [-0.1, -0.05) is 50.2 Å². The monoisotopic (exact) mass is 385 g/mol. The Morgan fingerprint density at radius 2 is 1.85 bits per heavy atom. The third-order valence-electron chi connectivity index (χ3n) is 4.52. The van der Waals surface area contributed by atoms with Crippen LogP contribution in [-0.2, 0) is 11.4 Å². The number of thioether (sulfide) groups is 1. The summed E-state index contributed by atoms with van der Waals surface area (Å²) in [6.45, 7) is 7.49. The van der Waals surface area contributed by atoms with Crippen LogP contribution in [0.2, 0.25) is 0 Å². The van der Waals surface area contributed by atoms with Gasteiger partial charge in [-0.25, -0.2) is 0 Å². The maximum atomic E-state index is 12.6. The summed E-state index contributed by atoms with van der Waals surface area (Å²) in [5, 5.41) is -0.00980. The molecule has 0 N–H and O–H groups in total. The number of hydrogen-bond donors (Lipinski definition) is 0. The van der Waals surface area contributed by atoms with Gasteiger partial charge >= 0.3 is 0 Å². The van der Waals surface area contributed by atoms with Crippen LogP contribution in [0.1, 0.15) is 37.3 Å². The van der Waals surface area contributed by atoms with Gasteiger partial charge in [0.2, 0.25) is 5.91 Å². The first kappa shape index (κ1) is 19.6. The molecule has 0 radical (unpaired) electrons. The summed E-state index contributed by atoms with van der Waals surface area (Å²) in [5.74, 6) is 2.04. The van der Waals surface area contributed by atoms with Crippen molar-refractivity contribution < 1.29 is 14.3 Å². The summed E-state index contributed by atoms with van der Waals surface area (Å²) >= 11 is 1.69. The number of ether oxygens (including phenoxy) is 2. The Morgan fingerprint density at radius 3 is 2.52 bits per heavy atom. The maximum Gasteiger partial charge on any atom is 0.236 e. The first-order chi connectivity index (χ1) is 13.0. The second-order valence-electron chi connectivity index (χ2n) is 7.20. The second-order valence-corrected chi connectivity index (χ2v) is 8.63. The fourth-order valence-electron chi connectivity index (χ4n) is 3.21. The van der Waals surface area contributed by atoms with E-state index in [9.17, 15) is 4.79 Å². The molecule has 1 saturated heterocycles. The molecule has 4 nitrogen and oxygen atoms in total. The Bertz CT molecular complexity index is 778. The largest absolute Gasteiger partial charge is 0.493 e. The van der Waals surface area contributed by atoms with Gasteiger partial charge in [0.25, 0.3) is 0 Å². The van der Waals surface area contributed by atoms with Gasteiger partial charge in [-0.05, 0) is 36.1 Å². The lowest BCUT2D eigenvalue weighted by atomic mass is 10.1. The van der Waals surface area contributed by atoms with Crippen LogP contribution in [0, 0.1) is 5.92 Å². The molecule has 0 bridgehead atoms. The number of benzene rings is 2. The average Bonchev–Trinajstić information content (AvgIpc) is 2.95. The molecule has 0 aliphatic carbocycles. The van der Waals surface area contributed by atoms with Crippen molar-refractivity contribution in [2.75, 3.05) is 13.7 Å². The third kappa shape index (κ3) is 4.59. The molecule has 144 valence electrons. The van der Waals surface area contributed by atoms with Crippen molar-refractivity contribution in [2.45, 2.75) is 38.0 Å². The summed E-state index contributed by atoms with van der Waals surface area (Å²) in [5.41, 5.74) is 2.17. The van der Waals surface area contributed by atoms with Crippen molar-refractivity contribution in [3.05, 3.63) is 59.7 Å². The van der Waals surface area contributed by atoms with Crippen LogP contribution >= 0.6 is 11.8 Å². The molecule has 1 heterocycles. The zero-order valence-electron chi connectivity index (χ0n) is 16.3. The molecule has 27 heavy (non-hydrogen) atoms. The van der Waals surface area contributed by atoms with E-state index in [-0.39, 0.29) is 16.5 Å². The van der Waals surface area contributed by atoms with Gasteiger partial charge in [0.05, 0.1) is 12.4 Å². The summed E-state index contributed by atoms with van der Waals surface area (Å²) in [7, 11) is 1.64. The Labute approximate surface area is 165 Å². The minimum Gasteiger partial charge on any atom is -0.493 e. The number of hydrogen-bond acceptors (Lipinski definition) is 4. The first-order valence-electron chi connectivity index (χ1n) is 9.30. The van der Waals surface area contributed by atoms with Gasteiger partial charge in [-0.2, -0.15) is 0 Å². The highest BCUT2D eigenvalue weighted by Crippen LogP contribution is 2.45. The summed E-state index contributed by atoms with van der Waals surface area (Å²) in [6, 6.07) is 16.0. The Hall–Kier alpha value is -2.14. The normalized spacial score (nSPS) is 19.6. The smallest absolute Gasteiger partial charge is 0.236 e. The summed E-state index contributed by atoms with van der Waals surface area (Å²) < 4.78 is 11.5. The molecule has 1 amide bonds. The Morgan fingerprint density at radius 1 is 1.11 bits per heavy atom. The number of rotatable bonds is 7. The lowest BCUT2D eigenvalue weighted by Crippen LogP contribution is -2.33. The molecule has 2 aromatic carbocycles. The van der Waals surface area contributed by atoms with Crippen molar-refractivity contribution in [1.29, 1.82) is 0 Å². The maximum absolute atomic E-state index is 12.6. The SMILES string of the molecule is COc1ccc(C2SC(C)C(=O)N2CC(C)C)cc1OCc1ccccc1. The number of amides is 1. The highest BCUT2D eigenvalue weighted by Gasteiger charge is 2.38. The second kappa shape index (κ2) is 8.70. The van der Waals surface area contributed by atoms with Crippen molar-refractivity contribution in [1.82, 2.24) is 4.90 Å². The Kier molecular flexibility index (Phi) is 6.32. The van der Waals surface area contributed by atoms with Gasteiger partial charge in [0.1, 0.15) is 12.0 Å². The van der Waals surface area contributed by atoms with E-state index in [1.54, 1.807) is 18.9 Å². The van der Waals surface area contributed by atoms with Gasteiger partial charge < -0.3 is 14.4 Å². The summed E-state index contributed by atoms with van der Waals surface area (Å²) in [6.07, 6.45) is 0. The number of methoxy groups -OCH3 is 1. The molecular formula is C22H27NO3S. The van der Waals surface area contributed by atoms with E-state index in [1.165, 1.54) is 0 Å². The number of carbonyl (C=O) groups excluding carboxylic acids is 1. The lowest BCUT2D eigenvalue weighted by molar-refractivity contribution is -0.130. The zero-order chi connectivity index (χ0) is 19.4. The van der Waals surface area contributed by atoms with E-state index in [2.05, 4.69) is 13.8 Å². The van der Waals surface area contributed by atoms with Crippen LogP contribution in [0.5, 0.6) is 11.5 Å². The topological polar surface area (TPSA) is 38.8 Å². The van der Waals surface area contributed by atoms with Gasteiger partial charge in [0, 0.05) is 6.54 Å². The summed E-state index contributed by atoms with van der Waals surface area (Å²) in [4.78, 5) is 14.6. The van der Waals surface area contributed by atoms with Crippen LogP contribution in [0.25, 0.3) is 0 Å². The van der Waals surface area contributed by atoms with Crippen molar-refractivity contribution in [2.24, 2.45) is 5.92 Å². The van der Waals surface area contributed by atoms with E-state index in [0.29, 0.717) is 24.0 Å². The predicted octanol–water partition coefficient (Wildman–Crippen LogP) is 4.89. The molecule has 0 saturated carbocycles. The molecular weight excluding hydrogens is 358 g/mol. The minimum atomic E-state index is -0.0236. The van der Waals surface area contributed by atoms with E-state index in [0.717, 1.165) is 17.7 Å². The molecule has 1 aliphatic rings. The van der Waals surface area contributed by atoms with Crippen LogP contribution in [-0.4, -0.2) is 29.7 Å². The first-order valence-corrected chi connectivity index (χ1v) is 10.2. The van der Waals surface area contributed by atoms with Gasteiger partial charge in [-0.3, -0.25) is 4.79 Å². The van der Waals surface area contributed by atoms with E-state index in [1.807, 2.05) is 60.4 Å². The molecule has 1 aliphatic heterocycles. The third-order valence-corrected chi connectivity index (χ3v) is 5.91. The average molecular weight is 386 g/mol. The highest BCUT2D eigenvalue weighted by atomic mass is 32.2. The molecule has 0 aromatic heterocycles. The predicted molar refractivity (Wildman–Crippen MR) is 110 cm³/mol. The molecule has 2 atom stereocenters. The van der Waals surface area contributed by atoms with Crippen LogP contribution < -0.4 is 9.47 Å². The van der Waals surface area contributed by atoms with Crippen LogP contribution in [0.15, 0.2) is 48.5 Å². The van der Waals surface area contributed by atoms with Crippen molar-refractivity contribution >= 4 is 17.7 Å². The lowest BCUT2D eigenvalue weighted by Gasteiger charge is -2.26. The number of carbonyl (C=O) groups is 1. The van der Waals surface area contributed by atoms with E-state index >= 15 is 0 Å². The molecule has 3 rings (SSSR count). The number of nitrogens with zero attached hydrogens (tertiary/aromatic N) is 1. The van der Waals surface area contributed by atoms with Crippen LogP contribution in [0.3, 0.4) is 0 Å². The fourth-order valence-corrected chi connectivity index (χ4v) is 4.49. The van der Waals surface area contributed by atoms with Crippen molar-refractivity contribution in [3.63, 3.8) is 0 Å². The zero-order valence-corrected chi connectivity index (χ0v) is 17.2. The van der Waals surface area contributed by atoms with Gasteiger partial charge in [-0.15, -0.1) is 11.8 Å².